The van der Waals surface area contributed by atoms with Gasteiger partial charge in [-0.15, -0.1) is 0 Å². The van der Waals surface area contributed by atoms with E-state index in [9.17, 15) is 9.59 Å². The van der Waals surface area contributed by atoms with Gasteiger partial charge in [0.05, 0.1) is 18.3 Å². The van der Waals surface area contributed by atoms with Crippen molar-refractivity contribution >= 4 is 11.8 Å². The molecule has 4 atom stereocenters. The number of nitrogens with one attached hydrogen (secondary N) is 1. The lowest BCUT2D eigenvalue weighted by Gasteiger charge is -2.46. The molecule has 2 aromatic rings. The third-order valence-corrected chi connectivity index (χ3v) is 7.99. The van der Waals surface area contributed by atoms with Gasteiger partial charge in [0.1, 0.15) is 11.4 Å². The number of ether oxygens (including phenoxy) is 1. The summed E-state index contributed by atoms with van der Waals surface area (Å²) in [5.74, 6) is 0.891. The topological polar surface area (TPSA) is 78.5 Å². The van der Waals surface area contributed by atoms with Crippen LogP contribution in [0.25, 0.3) is 11.3 Å². The highest BCUT2D eigenvalue weighted by atomic mass is 16.5. The van der Waals surface area contributed by atoms with Crippen LogP contribution in [-0.2, 0) is 4.79 Å². The molecule has 1 aromatic heterocycles. The Labute approximate surface area is 195 Å². The van der Waals surface area contributed by atoms with Crippen LogP contribution in [0.5, 0.6) is 5.75 Å². The molecule has 176 valence electrons. The van der Waals surface area contributed by atoms with Gasteiger partial charge in [-0.05, 0) is 43.9 Å². The summed E-state index contributed by atoms with van der Waals surface area (Å²) in [5.41, 5.74) is 2.04. The number of hydrogen-bond donors (Lipinski definition) is 1. The molecule has 3 aliphatic rings. The number of likely N-dealkylation sites (tertiary alicyclic amines) is 2. The first-order valence-electron chi connectivity index (χ1n) is 12.3. The number of piperidine rings is 1. The van der Waals surface area contributed by atoms with Gasteiger partial charge in [0.15, 0.2) is 0 Å². The number of nitrogens with zero attached hydrogens (tertiary/aromatic N) is 3. The third-order valence-electron chi connectivity index (χ3n) is 7.99. The molecule has 3 heterocycles. The van der Waals surface area contributed by atoms with Crippen LogP contribution in [0.2, 0.25) is 0 Å². The first-order chi connectivity index (χ1) is 15.9. The summed E-state index contributed by atoms with van der Waals surface area (Å²) in [7, 11) is 0. The molecular formula is C26H34N4O3. The number of carbonyl (C=O) groups excluding carboxylic acids is 2. The van der Waals surface area contributed by atoms with E-state index in [2.05, 4.69) is 28.9 Å². The van der Waals surface area contributed by atoms with Crippen LogP contribution in [0.3, 0.4) is 0 Å². The minimum Gasteiger partial charge on any atom is -0.493 e. The van der Waals surface area contributed by atoms with Crippen LogP contribution < -0.4 is 4.74 Å². The zero-order valence-electron chi connectivity index (χ0n) is 19.8. The van der Waals surface area contributed by atoms with Gasteiger partial charge in [-0.25, -0.2) is 0 Å². The summed E-state index contributed by atoms with van der Waals surface area (Å²) in [5, 5.41) is 7.48. The molecule has 0 spiro atoms. The molecule has 1 N–H and O–H groups in total. The first-order valence-corrected chi connectivity index (χ1v) is 12.3. The highest BCUT2D eigenvalue weighted by Crippen LogP contribution is 2.53. The Morgan fingerprint density at radius 1 is 1.21 bits per heavy atom. The van der Waals surface area contributed by atoms with E-state index in [-0.39, 0.29) is 35.4 Å². The Kier molecular flexibility index (Phi) is 5.67. The minimum absolute atomic E-state index is 0.00881. The summed E-state index contributed by atoms with van der Waals surface area (Å²) in [4.78, 5) is 30.4. The van der Waals surface area contributed by atoms with Gasteiger partial charge in [-0.3, -0.25) is 14.7 Å². The molecule has 2 aliphatic heterocycles. The fourth-order valence-electron chi connectivity index (χ4n) is 6.54. The predicted octanol–water partition coefficient (Wildman–Crippen LogP) is 4.26. The number of aromatic nitrogens is 2. The van der Waals surface area contributed by atoms with E-state index in [0.717, 1.165) is 49.8 Å². The standard InChI is InChI=1S/C26H34N4O3/c1-4-13-33-22-10-6-5-9-19(22)20-14-21(28-27-20)25(32)30-18-15-26(3)23(29(16-18)17(2)31)11-7-8-12-24(26)30/h5-6,9-10,14,18,23-24H,4,7-8,11-13,15-16H2,1-3H3,(H,27,28)/t18-,23+,24-,26+/m0/s1. The Morgan fingerprint density at radius 2 is 1.97 bits per heavy atom. The van der Waals surface area contributed by atoms with Crippen molar-refractivity contribution in [3.05, 3.63) is 36.0 Å². The number of carbonyl (C=O) groups is 2. The zero-order chi connectivity index (χ0) is 23.2. The molecule has 33 heavy (non-hydrogen) atoms. The molecule has 7 nitrogen and oxygen atoms in total. The van der Waals surface area contributed by atoms with Crippen molar-refractivity contribution in [2.24, 2.45) is 5.41 Å². The number of para-hydroxylation sites is 1. The Morgan fingerprint density at radius 3 is 2.73 bits per heavy atom. The van der Waals surface area contributed by atoms with Crippen molar-refractivity contribution in [2.75, 3.05) is 13.2 Å². The summed E-state index contributed by atoms with van der Waals surface area (Å²) in [6.07, 6.45) is 6.12. The molecule has 0 unspecified atom stereocenters. The number of H-pyrrole nitrogens is 1. The maximum absolute atomic E-state index is 13.8. The minimum atomic E-state index is -0.0514. The van der Waals surface area contributed by atoms with Gasteiger partial charge in [0.25, 0.3) is 5.91 Å². The molecule has 2 saturated heterocycles. The number of rotatable bonds is 5. The fraction of sp³-hybridized carbons (Fsp3) is 0.577. The molecule has 5 rings (SSSR count). The first kappa shape index (κ1) is 22.0. The van der Waals surface area contributed by atoms with Gasteiger partial charge in [0.2, 0.25) is 5.91 Å². The quantitative estimate of drug-likeness (QED) is 0.738. The molecule has 1 aliphatic carbocycles. The van der Waals surface area contributed by atoms with Crippen molar-refractivity contribution in [1.29, 1.82) is 0 Å². The second-order valence-corrected chi connectivity index (χ2v) is 10.1. The highest BCUT2D eigenvalue weighted by Gasteiger charge is 2.60. The smallest absolute Gasteiger partial charge is 0.272 e. The normalized spacial score (nSPS) is 28.5. The zero-order valence-corrected chi connectivity index (χ0v) is 19.8. The van der Waals surface area contributed by atoms with Gasteiger partial charge >= 0.3 is 0 Å². The number of fused-ring (bicyclic) bond motifs is 1. The fourth-order valence-corrected chi connectivity index (χ4v) is 6.54. The van der Waals surface area contributed by atoms with E-state index in [0.29, 0.717) is 24.5 Å². The summed E-state index contributed by atoms with van der Waals surface area (Å²) >= 11 is 0. The van der Waals surface area contributed by atoms with Gasteiger partial charge in [0, 0.05) is 36.5 Å². The van der Waals surface area contributed by atoms with Crippen molar-refractivity contribution < 1.29 is 14.3 Å². The Bertz CT molecular complexity index is 1050. The molecule has 0 radical (unpaired) electrons. The van der Waals surface area contributed by atoms with Crippen LogP contribution in [-0.4, -0.2) is 63.1 Å². The Hall–Kier alpha value is -2.83. The largest absolute Gasteiger partial charge is 0.493 e. The van der Waals surface area contributed by atoms with Crippen LogP contribution >= 0.6 is 0 Å². The van der Waals surface area contributed by atoms with Crippen molar-refractivity contribution in [3.8, 4) is 17.0 Å². The van der Waals surface area contributed by atoms with E-state index < -0.39 is 0 Å². The van der Waals surface area contributed by atoms with Gasteiger partial charge in [-0.2, -0.15) is 5.10 Å². The molecule has 2 amide bonds. The second kappa shape index (κ2) is 8.50. The van der Waals surface area contributed by atoms with Crippen molar-refractivity contribution in [3.63, 3.8) is 0 Å². The van der Waals surface area contributed by atoms with Crippen molar-refractivity contribution in [2.45, 2.75) is 77.4 Å². The van der Waals surface area contributed by atoms with Crippen LogP contribution in [0.1, 0.15) is 69.8 Å². The summed E-state index contributed by atoms with van der Waals surface area (Å²) in [6.45, 7) is 7.30. The second-order valence-electron chi connectivity index (χ2n) is 10.1. The molecule has 1 saturated carbocycles. The molecule has 1 aromatic carbocycles. The van der Waals surface area contributed by atoms with Gasteiger partial charge in [-0.1, -0.05) is 38.8 Å². The average molecular weight is 451 g/mol. The molecule has 7 heteroatoms. The lowest BCUT2D eigenvalue weighted by atomic mass is 9.71. The maximum atomic E-state index is 13.8. The number of benzene rings is 1. The maximum Gasteiger partial charge on any atom is 0.272 e. The van der Waals surface area contributed by atoms with E-state index in [4.69, 9.17) is 4.74 Å². The number of amides is 2. The van der Waals surface area contributed by atoms with Crippen LogP contribution in [0.15, 0.2) is 30.3 Å². The lowest BCUT2D eigenvalue weighted by Crippen LogP contribution is -2.55. The monoisotopic (exact) mass is 450 g/mol. The van der Waals surface area contributed by atoms with Crippen LogP contribution in [0.4, 0.5) is 0 Å². The summed E-state index contributed by atoms with van der Waals surface area (Å²) < 4.78 is 5.90. The van der Waals surface area contributed by atoms with Crippen LogP contribution in [0, 0.1) is 5.41 Å². The Balaban J connectivity index is 1.45. The third kappa shape index (κ3) is 3.62. The molecular weight excluding hydrogens is 416 g/mol. The molecule has 2 bridgehead atoms. The summed E-state index contributed by atoms with van der Waals surface area (Å²) in [6, 6.07) is 10.1. The van der Waals surface area contributed by atoms with E-state index in [1.807, 2.05) is 35.2 Å². The highest BCUT2D eigenvalue weighted by molar-refractivity contribution is 5.94. The van der Waals surface area contributed by atoms with E-state index >= 15 is 0 Å². The lowest BCUT2D eigenvalue weighted by molar-refractivity contribution is -0.136. The van der Waals surface area contributed by atoms with E-state index in [1.165, 1.54) is 0 Å². The number of hydrogen-bond acceptors (Lipinski definition) is 4. The average Bonchev–Trinajstić information content (AvgIpc) is 3.33. The van der Waals surface area contributed by atoms with Gasteiger partial charge < -0.3 is 14.5 Å². The predicted molar refractivity (Wildman–Crippen MR) is 126 cm³/mol. The van der Waals surface area contributed by atoms with Crippen molar-refractivity contribution in [1.82, 2.24) is 20.0 Å². The number of aromatic amines is 1. The SMILES string of the molecule is CCCOc1ccccc1-c1cc(C(=O)N2[C@@H]3CN(C(C)=O)[C@@H]4CCCC[C@H]2[C@]4(C)C3)[nH]n1. The van der Waals surface area contributed by atoms with E-state index in [1.54, 1.807) is 6.92 Å². The molecule has 3 fully saturated rings.